The Morgan fingerprint density at radius 2 is 1.90 bits per heavy atom. The molecule has 2 heterocycles. The van der Waals surface area contributed by atoms with Gasteiger partial charge in [0.15, 0.2) is 0 Å². The molecular weight excluding hydrogens is 384 g/mol. The standard InChI is InChI=1S/C26H24N4O/c1-15(12-16-6-7-16)30-23-5-3-2-4-19(23)20-13-18(9-11-24(20)30)26-28-21-10-8-17(25(27)31)14-22(21)29-26/h2-5,8-11,13-16H,6-7,12H2,1H3,(H2,27,31)(H,28,29). The maximum atomic E-state index is 11.5. The lowest BCUT2D eigenvalue weighted by molar-refractivity contribution is 0.100. The third-order valence-electron chi connectivity index (χ3n) is 6.56. The maximum absolute atomic E-state index is 11.5. The summed E-state index contributed by atoms with van der Waals surface area (Å²) < 4.78 is 2.50. The highest BCUT2D eigenvalue weighted by Gasteiger charge is 2.26. The van der Waals surface area contributed by atoms with Crippen molar-refractivity contribution in [2.75, 3.05) is 0 Å². The number of aromatic amines is 1. The van der Waals surface area contributed by atoms with Crippen LogP contribution in [0.5, 0.6) is 0 Å². The lowest BCUT2D eigenvalue weighted by atomic mass is 10.1. The van der Waals surface area contributed by atoms with Gasteiger partial charge in [-0.2, -0.15) is 0 Å². The Bertz CT molecular complexity index is 1470. The topological polar surface area (TPSA) is 76.7 Å². The highest BCUT2D eigenvalue weighted by molar-refractivity contribution is 6.09. The van der Waals surface area contributed by atoms with Gasteiger partial charge in [0, 0.05) is 39.0 Å². The van der Waals surface area contributed by atoms with Crippen LogP contribution in [0, 0.1) is 5.92 Å². The van der Waals surface area contributed by atoms with E-state index in [1.165, 1.54) is 41.1 Å². The third-order valence-corrected chi connectivity index (χ3v) is 6.56. The van der Waals surface area contributed by atoms with E-state index in [0.29, 0.717) is 11.6 Å². The minimum absolute atomic E-state index is 0.437. The molecule has 1 unspecified atom stereocenters. The van der Waals surface area contributed by atoms with Crippen LogP contribution in [0.2, 0.25) is 0 Å². The van der Waals surface area contributed by atoms with E-state index >= 15 is 0 Å². The number of imidazole rings is 1. The fourth-order valence-electron chi connectivity index (χ4n) is 4.87. The normalized spacial score (nSPS) is 15.1. The highest BCUT2D eigenvalue weighted by Crippen LogP contribution is 2.40. The van der Waals surface area contributed by atoms with Gasteiger partial charge in [-0.25, -0.2) is 4.98 Å². The van der Waals surface area contributed by atoms with Gasteiger partial charge >= 0.3 is 0 Å². The molecule has 1 amide bonds. The molecule has 3 aromatic carbocycles. The summed E-state index contributed by atoms with van der Waals surface area (Å²) >= 11 is 0. The first-order chi connectivity index (χ1) is 15.1. The van der Waals surface area contributed by atoms with Crippen molar-refractivity contribution in [1.82, 2.24) is 14.5 Å². The molecule has 1 atom stereocenters. The van der Waals surface area contributed by atoms with Gasteiger partial charge in [0.25, 0.3) is 0 Å². The second-order valence-electron chi connectivity index (χ2n) is 8.83. The molecule has 1 aliphatic carbocycles. The number of primary amides is 1. The number of aromatic nitrogens is 3. The lowest BCUT2D eigenvalue weighted by Gasteiger charge is -2.16. The van der Waals surface area contributed by atoms with E-state index in [0.717, 1.165) is 28.3 Å². The number of fused-ring (bicyclic) bond motifs is 4. The van der Waals surface area contributed by atoms with Gasteiger partial charge in [0.05, 0.1) is 11.0 Å². The molecule has 5 heteroatoms. The Morgan fingerprint density at radius 3 is 2.71 bits per heavy atom. The SMILES string of the molecule is CC(CC1CC1)n1c2ccccc2c2cc(-c3nc4ccc(C(N)=O)cc4[nH]3)ccc21. The molecule has 1 aliphatic rings. The first-order valence-corrected chi connectivity index (χ1v) is 10.9. The fourth-order valence-corrected chi connectivity index (χ4v) is 4.87. The van der Waals surface area contributed by atoms with Gasteiger partial charge in [0.1, 0.15) is 5.82 Å². The van der Waals surface area contributed by atoms with Crippen molar-refractivity contribution in [2.24, 2.45) is 11.7 Å². The van der Waals surface area contributed by atoms with E-state index in [9.17, 15) is 4.79 Å². The van der Waals surface area contributed by atoms with Crippen LogP contribution in [0.1, 0.15) is 42.6 Å². The van der Waals surface area contributed by atoms with Gasteiger partial charge in [0.2, 0.25) is 5.91 Å². The van der Waals surface area contributed by atoms with E-state index in [1.807, 2.05) is 6.07 Å². The summed E-state index contributed by atoms with van der Waals surface area (Å²) in [7, 11) is 0. The van der Waals surface area contributed by atoms with Crippen molar-refractivity contribution < 1.29 is 4.79 Å². The summed E-state index contributed by atoms with van der Waals surface area (Å²) in [5.74, 6) is 1.24. The van der Waals surface area contributed by atoms with Crippen LogP contribution in [-0.4, -0.2) is 20.4 Å². The average Bonchev–Trinajstić information content (AvgIpc) is 3.38. The van der Waals surface area contributed by atoms with Crippen LogP contribution in [0.3, 0.4) is 0 Å². The predicted molar refractivity (Wildman–Crippen MR) is 125 cm³/mol. The average molecular weight is 409 g/mol. The van der Waals surface area contributed by atoms with Crippen LogP contribution in [-0.2, 0) is 0 Å². The molecule has 1 fully saturated rings. The van der Waals surface area contributed by atoms with Crippen molar-refractivity contribution in [1.29, 1.82) is 0 Å². The molecule has 0 bridgehead atoms. The molecule has 154 valence electrons. The number of hydrogen-bond acceptors (Lipinski definition) is 2. The van der Waals surface area contributed by atoms with Crippen molar-refractivity contribution in [3.8, 4) is 11.4 Å². The van der Waals surface area contributed by atoms with Crippen molar-refractivity contribution >= 4 is 38.7 Å². The number of nitrogens with two attached hydrogens (primary N) is 1. The third kappa shape index (κ3) is 3.00. The summed E-state index contributed by atoms with van der Waals surface area (Å²) in [6, 6.07) is 21.0. The number of amides is 1. The molecule has 2 aromatic heterocycles. The zero-order valence-electron chi connectivity index (χ0n) is 17.4. The Balaban J connectivity index is 1.50. The first-order valence-electron chi connectivity index (χ1n) is 10.9. The molecule has 31 heavy (non-hydrogen) atoms. The molecule has 5 aromatic rings. The smallest absolute Gasteiger partial charge is 0.248 e. The van der Waals surface area contributed by atoms with Crippen LogP contribution >= 0.6 is 0 Å². The molecule has 5 nitrogen and oxygen atoms in total. The Kier molecular flexibility index (Phi) is 3.93. The number of para-hydroxylation sites is 1. The van der Waals surface area contributed by atoms with E-state index in [4.69, 9.17) is 10.7 Å². The van der Waals surface area contributed by atoms with E-state index in [1.54, 1.807) is 12.1 Å². The largest absolute Gasteiger partial charge is 0.366 e. The Morgan fingerprint density at radius 1 is 1.10 bits per heavy atom. The van der Waals surface area contributed by atoms with Crippen LogP contribution < -0.4 is 5.73 Å². The van der Waals surface area contributed by atoms with Crippen LogP contribution in [0.4, 0.5) is 0 Å². The zero-order valence-corrected chi connectivity index (χ0v) is 17.4. The minimum Gasteiger partial charge on any atom is -0.366 e. The summed E-state index contributed by atoms with van der Waals surface area (Å²) in [4.78, 5) is 19.6. The number of hydrogen-bond donors (Lipinski definition) is 2. The van der Waals surface area contributed by atoms with Crippen LogP contribution in [0.15, 0.2) is 60.7 Å². The van der Waals surface area contributed by atoms with Gasteiger partial charge in [-0.1, -0.05) is 31.0 Å². The summed E-state index contributed by atoms with van der Waals surface area (Å²) in [5.41, 5.74) is 11.1. The second-order valence-corrected chi connectivity index (χ2v) is 8.83. The Labute approximate surface area is 179 Å². The molecule has 0 radical (unpaired) electrons. The lowest BCUT2D eigenvalue weighted by Crippen LogP contribution is -2.10. The van der Waals surface area contributed by atoms with Gasteiger partial charge in [-0.05, 0) is 61.7 Å². The van der Waals surface area contributed by atoms with E-state index in [2.05, 4.69) is 58.9 Å². The highest BCUT2D eigenvalue weighted by atomic mass is 16.1. The second kappa shape index (κ2) is 6.71. The summed E-state index contributed by atoms with van der Waals surface area (Å²) in [5, 5.41) is 2.52. The van der Waals surface area contributed by atoms with E-state index in [-0.39, 0.29) is 0 Å². The monoisotopic (exact) mass is 408 g/mol. The van der Waals surface area contributed by atoms with Gasteiger partial charge < -0.3 is 15.3 Å². The number of benzene rings is 3. The van der Waals surface area contributed by atoms with Crippen molar-refractivity contribution in [2.45, 2.75) is 32.2 Å². The molecule has 0 saturated heterocycles. The Hall–Kier alpha value is -3.60. The number of carbonyl (C=O) groups is 1. The van der Waals surface area contributed by atoms with Gasteiger partial charge in [-0.15, -0.1) is 0 Å². The predicted octanol–water partition coefficient (Wildman–Crippen LogP) is 5.80. The molecule has 3 N–H and O–H groups in total. The van der Waals surface area contributed by atoms with Crippen LogP contribution in [0.25, 0.3) is 44.2 Å². The van der Waals surface area contributed by atoms with Gasteiger partial charge in [-0.3, -0.25) is 4.79 Å². The number of carbonyl (C=O) groups excluding carboxylic acids is 1. The fraction of sp³-hybridized carbons (Fsp3) is 0.231. The minimum atomic E-state index is -0.437. The molecular formula is C26H24N4O. The number of H-pyrrole nitrogens is 1. The van der Waals surface area contributed by atoms with Crippen molar-refractivity contribution in [3.63, 3.8) is 0 Å². The first kappa shape index (κ1) is 18.2. The zero-order chi connectivity index (χ0) is 21.1. The van der Waals surface area contributed by atoms with E-state index < -0.39 is 5.91 Å². The number of nitrogens with one attached hydrogen (secondary N) is 1. The molecule has 0 spiro atoms. The molecule has 1 saturated carbocycles. The summed E-state index contributed by atoms with van der Waals surface area (Å²) in [6.07, 6.45) is 3.98. The summed E-state index contributed by atoms with van der Waals surface area (Å²) in [6.45, 7) is 2.34. The molecule has 6 rings (SSSR count). The van der Waals surface area contributed by atoms with Crippen molar-refractivity contribution in [3.05, 3.63) is 66.2 Å². The molecule has 0 aliphatic heterocycles. The quantitative estimate of drug-likeness (QED) is 0.386. The number of rotatable bonds is 5. The number of nitrogens with zero attached hydrogens (tertiary/aromatic N) is 2. The maximum Gasteiger partial charge on any atom is 0.248 e.